The van der Waals surface area contributed by atoms with Crippen LogP contribution in [0.5, 0.6) is 0 Å². The first-order chi connectivity index (χ1) is 19.4. The zero-order valence-corrected chi connectivity index (χ0v) is 28.0. The number of hydrogen-bond donors (Lipinski definition) is 0. The van der Waals surface area contributed by atoms with Crippen molar-refractivity contribution in [3.63, 3.8) is 0 Å². The van der Waals surface area contributed by atoms with Gasteiger partial charge in [-0.3, -0.25) is 4.98 Å². The number of pyridine rings is 2. The van der Waals surface area contributed by atoms with E-state index in [-0.39, 0.29) is 19.5 Å². The minimum absolute atomic E-state index is 0. The van der Waals surface area contributed by atoms with Gasteiger partial charge in [0.2, 0.25) is 5.95 Å². The van der Waals surface area contributed by atoms with Gasteiger partial charge in [0.05, 0.1) is 0 Å². The van der Waals surface area contributed by atoms with Crippen molar-refractivity contribution in [3.8, 4) is 20.9 Å². The van der Waals surface area contributed by atoms with Crippen molar-refractivity contribution in [2.24, 2.45) is 0 Å². The van der Waals surface area contributed by atoms with Crippen LogP contribution < -0.4 is 0 Å². The molecule has 0 spiro atoms. The number of nitrogens with zero attached hydrogens (tertiary/aromatic N) is 2. The zero-order chi connectivity index (χ0) is 27.9. The minimum Gasteiger partial charge on any atom is -0.261 e. The molecule has 0 aliphatic rings. The van der Waals surface area contributed by atoms with Crippen LogP contribution in [0.15, 0.2) is 97.3 Å². The summed E-state index contributed by atoms with van der Waals surface area (Å²) < 4.78 is 12.8. The van der Waals surface area contributed by atoms with Crippen LogP contribution in [0.1, 0.15) is 37.7 Å². The summed E-state index contributed by atoms with van der Waals surface area (Å²) in [4.78, 5) is 13.1. The maximum Gasteiger partial charge on any atom is 2.00 e. The predicted octanol–water partition coefficient (Wildman–Crippen LogP) is 9.46. The van der Waals surface area contributed by atoms with Crippen LogP contribution in [0.2, 0.25) is 0 Å². The number of thiophene rings is 2. The minimum atomic E-state index is -0.444. The number of aromatic nitrogens is 2. The van der Waals surface area contributed by atoms with Gasteiger partial charge in [-0.1, -0.05) is 19.9 Å². The predicted molar refractivity (Wildman–Crippen MR) is 165 cm³/mol. The molecule has 0 bridgehead atoms. The number of hydrogen-bond acceptors (Lipinski definition) is 4. The molecule has 0 fully saturated rings. The molecule has 0 aliphatic heterocycles. The van der Waals surface area contributed by atoms with Crippen molar-refractivity contribution >= 4 is 22.7 Å². The van der Waals surface area contributed by atoms with Gasteiger partial charge in [0, 0.05) is 39.0 Å². The maximum absolute atomic E-state index is 12.8. The second-order valence-electron chi connectivity index (χ2n) is 9.65. The van der Waals surface area contributed by atoms with Gasteiger partial charge in [-0.25, -0.2) is 4.98 Å². The molecule has 4 heterocycles. The molecule has 0 radical (unpaired) electrons. The third-order valence-corrected chi connectivity index (χ3v) is 8.92. The molecule has 2 nitrogen and oxygen atoms in total. The number of aryl methyl sites for hydroxylation is 3. The van der Waals surface area contributed by atoms with Gasteiger partial charge in [-0.15, -0.1) is 33.8 Å². The number of benzene rings is 2. The van der Waals surface area contributed by atoms with Gasteiger partial charge < -0.3 is 0 Å². The van der Waals surface area contributed by atoms with E-state index in [1.807, 2.05) is 42.7 Å². The summed E-state index contributed by atoms with van der Waals surface area (Å²) >= 11 is 3.56. The average Bonchev–Trinajstić information content (AvgIpc) is 3.63. The second-order valence-corrected chi connectivity index (χ2v) is 12.0. The average molecular weight is 626 g/mol. The van der Waals surface area contributed by atoms with Crippen molar-refractivity contribution < 1.29 is 23.9 Å². The van der Waals surface area contributed by atoms with Crippen LogP contribution >= 0.6 is 22.7 Å². The standard InChI is InChI=1S/C18H16NS.C17H13FNS.Zn/c1-13-5-3-4-6-15(13)11-17-9-10-18(20-17)16-8-7-14(2)19-12-16;1-12-4-2-3-5-13(12)10-15-7-8-16(20-15)14-6-9-17(18)19-11-14;/h3,5-10,12H,11H2,1-2H3;2,4-9,11H,10H2,1H3;/q2*-1;+2. The van der Waals surface area contributed by atoms with E-state index in [9.17, 15) is 4.39 Å². The van der Waals surface area contributed by atoms with Gasteiger partial charge in [0.1, 0.15) is 0 Å². The van der Waals surface area contributed by atoms with Gasteiger partial charge >= 0.3 is 19.5 Å². The largest absolute Gasteiger partial charge is 2.00 e. The van der Waals surface area contributed by atoms with Crippen molar-refractivity contribution in [3.05, 3.63) is 153 Å². The fourth-order valence-electron chi connectivity index (χ4n) is 4.23. The Balaban J connectivity index is 0.000000184. The van der Waals surface area contributed by atoms with Crippen molar-refractivity contribution in [1.29, 1.82) is 0 Å². The van der Waals surface area contributed by atoms with Crippen LogP contribution in [-0.4, -0.2) is 9.97 Å². The second kappa shape index (κ2) is 14.5. The van der Waals surface area contributed by atoms with E-state index in [0.29, 0.717) is 0 Å². The summed E-state index contributed by atoms with van der Waals surface area (Å²) in [5, 5.41) is 0. The van der Waals surface area contributed by atoms with Crippen molar-refractivity contribution in [2.45, 2.75) is 33.6 Å². The molecule has 200 valence electrons. The van der Waals surface area contributed by atoms with E-state index >= 15 is 0 Å². The van der Waals surface area contributed by atoms with E-state index in [1.54, 1.807) is 23.6 Å². The molecule has 0 aliphatic carbocycles. The van der Waals surface area contributed by atoms with Gasteiger partial charge in [-0.05, 0) is 72.0 Å². The van der Waals surface area contributed by atoms with Crippen LogP contribution in [0, 0.1) is 38.9 Å². The molecule has 0 unspecified atom stereocenters. The SMILES string of the molecule is Cc1cc[c-]cc1Cc1ccc(-c2ccc(F)nc2)s1.Cc1ccc(-c2ccc(Cc3c[c-]ccc3C)s2)cn1.[Zn+2]. The summed E-state index contributed by atoms with van der Waals surface area (Å²) in [5.74, 6) is -0.444. The Morgan fingerprint density at radius 2 is 1.15 bits per heavy atom. The Hall–Kier alpha value is -3.31. The summed E-state index contributed by atoms with van der Waals surface area (Å²) in [7, 11) is 0. The van der Waals surface area contributed by atoms with Gasteiger partial charge in [-0.2, -0.15) is 64.0 Å². The van der Waals surface area contributed by atoms with Gasteiger partial charge in [0.15, 0.2) is 0 Å². The molecule has 6 rings (SSSR count). The van der Waals surface area contributed by atoms with Crippen LogP contribution in [-0.2, 0) is 32.3 Å². The Labute approximate surface area is 262 Å². The van der Waals surface area contributed by atoms with Gasteiger partial charge in [0.25, 0.3) is 0 Å². The third kappa shape index (κ3) is 8.36. The Morgan fingerprint density at radius 3 is 1.59 bits per heavy atom. The maximum atomic E-state index is 12.8. The number of rotatable bonds is 6. The summed E-state index contributed by atoms with van der Waals surface area (Å²) in [6, 6.07) is 34.4. The molecular weight excluding hydrogens is 597 g/mol. The molecule has 2 aromatic carbocycles. The third-order valence-electron chi connectivity index (χ3n) is 6.65. The quantitative estimate of drug-likeness (QED) is 0.105. The first kappa shape index (κ1) is 30.6. The van der Waals surface area contributed by atoms with Crippen LogP contribution in [0.3, 0.4) is 0 Å². The van der Waals surface area contributed by atoms with E-state index in [4.69, 9.17) is 0 Å². The van der Waals surface area contributed by atoms with E-state index < -0.39 is 5.95 Å². The summed E-state index contributed by atoms with van der Waals surface area (Å²) in [5.41, 5.74) is 8.46. The molecule has 0 saturated carbocycles. The summed E-state index contributed by atoms with van der Waals surface area (Å²) in [6.45, 7) is 6.28. The molecule has 4 aromatic heterocycles. The van der Waals surface area contributed by atoms with Crippen molar-refractivity contribution in [1.82, 2.24) is 9.97 Å². The smallest absolute Gasteiger partial charge is 0.261 e. The van der Waals surface area contributed by atoms with E-state index in [2.05, 4.69) is 90.5 Å². The Bertz CT molecular complexity index is 1560. The van der Waals surface area contributed by atoms with Crippen LogP contribution in [0.25, 0.3) is 20.9 Å². The molecule has 6 heteroatoms. The topological polar surface area (TPSA) is 25.8 Å². The monoisotopic (exact) mass is 624 g/mol. The first-order valence-electron chi connectivity index (χ1n) is 13.1. The molecular formula is C35H29FN2S2Zn. The fourth-order valence-corrected chi connectivity index (χ4v) is 6.27. The normalized spacial score (nSPS) is 10.4. The molecule has 0 N–H and O–H groups in total. The molecule has 0 saturated heterocycles. The number of halogens is 1. The molecule has 6 aromatic rings. The van der Waals surface area contributed by atoms with E-state index in [1.165, 1.54) is 48.5 Å². The summed E-state index contributed by atoms with van der Waals surface area (Å²) in [6.07, 6.45) is 5.41. The molecule has 0 amide bonds. The van der Waals surface area contributed by atoms with Crippen LogP contribution in [0.4, 0.5) is 4.39 Å². The molecule has 0 atom stereocenters. The Morgan fingerprint density at radius 1 is 0.634 bits per heavy atom. The fraction of sp³-hybridized carbons (Fsp3) is 0.143. The first-order valence-corrected chi connectivity index (χ1v) is 14.7. The molecule has 41 heavy (non-hydrogen) atoms. The zero-order valence-electron chi connectivity index (χ0n) is 23.4. The Kier molecular flexibility index (Phi) is 10.9. The van der Waals surface area contributed by atoms with Crippen molar-refractivity contribution in [2.75, 3.05) is 0 Å². The van der Waals surface area contributed by atoms with E-state index in [0.717, 1.165) is 29.0 Å².